The van der Waals surface area contributed by atoms with Gasteiger partial charge in [0.15, 0.2) is 0 Å². The van der Waals surface area contributed by atoms with Crippen LogP contribution in [0.3, 0.4) is 0 Å². The van der Waals surface area contributed by atoms with Crippen LogP contribution in [0.25, 0.3) is 11.3 Å². The fraction of sp³-hybridized carbons (Fsp3) is 0.500. The number of aromatic nitrogens is 1. The third-order valence-corrected chi connectivity index (χ3v) is 5.48. The molecule has 21 heavy (non-hydrogen) atoms. The van der Waals surface area contributed by atoms with Gasteiger partial charge in [0.25, 0.3) is 0 Å². The van der Waals surface area contributed by atoms with E-state index in [9.17, 15) is 5.11 Å². The molecular weight excluding hydrogens is 278 g/mol. The Morgan fingerprint density at radius 1 is 1.10 bits per heavy atom. The lowest BCUT2D eigenvalue weighted by Crippen LogP contribution is -2.38. The standard InChI is InChI=1S/C18H23NOS/c1-17(2)8-10-18(20,11-9-17)12-16-19-15(13-21-16)14-6-4-3-5-7-14/h3-7,13,20H,8-12H2,1-2H3. The fourth-order valence-electron chi connectivity index (χ4n) is 2.98. The van der Waals surface area contributed by atoms with Crippen LogP contribution in [-0.4, -0.2) is 15.7 Å². The third-order valence-electron chi connectivity index (χ3n) is 4.64. The largest absolute Gasteiger partial charge is 0.389 e. The molecule has 1 fully saturated rings. The summed E-state index contributed by atoms with van der Waals surface area (Å²) in [6, 6.07) is 10.2. The molecule has 1 aromatic carbocycles. The van der Waals surface area contributed by atoms with Crippen LogP contribution in [0.15, 0.2) is 35.7 Å². The summed E-state index contributed by atoms with van der Waals surface area (Å²) in [6.45, 7) is 4.59. The molecule has 2 aromatic rings. The zero-order valence-corrected chi connectivity index (χ0v) is 13.6. The lowest BCUT2D eigenvalue weighted by molar-refractivity contribution is -0.0251. The van der Waals surface area contributed by atoms with Gasteiger partial charge in [0, 0.05) is 17.4 Å². The first-order valence-electron chi connectivity index (χ1n) is 7.68. The monoisotopic (exact) mass is 301 g/mol. The molecule has 0 bridgehead atoms. The molecule has 112 valence electrons. The Hall–Kier alpha value is -1.19. The van der Waals surface area contributed by atoms with Crippen LogP contribution in [0.4, 0.5) is 0 Å². The van der Waals surface area contributed by atoms with Gasteiger partial charge in [-0.05, 0) is 31.1 Å². The van der Waals surface area contributed by atoms with Crippen LogP contribution in [0.5, 0.6) is 0 Å². The van der Waals surface area contributed by atoms with Gasteiger partial charge in [-0.25, -0.2) is 4.98 Å². The van der Waals surface area contributed by atoms with Crippen LogP contribution in [0.1, 0.15) is 44.5 Å². The van der Waals surface area contributed by atoms with E-state index in [0.29, 0.717) is 11.8 Å². The van der Waals surface area contributed by atoms with Gasteiger partial charge in [0.2, 0.25) is 0 Å². The number of hydrogen-bond acceptors (Lipinski definition) is 3. The molecule has 1 aromatic heterocycles. The number of hydrogen-bond donors (Lipinski definition) is 1. The molecule has 1 aliphatic rings. The second-order valence-electron chi connectivity index (χ2n) is 7.06. The second-order valence-corrected chi connectivity index (χ2v) is 8.00. The van der Waals surface area contributed by atoms with Crippen molar-refractivity contribution in [3.8, 4) is 11.3 Å². The fourth-order valence-corrected chi connectivity index (χ4v) is 3.92. The summed E-state index contributed by atoms with van der Waals surface area (Å²) < 4.78 is 0. The Bertz CT molecular complexity index is 593. The maximum Gasteiger partial charge on any atom is 0.0961 e. The smallest absolute Gasteiger partial charge is 0.0961 e. The number of aliphatic hydroxyl groups is 1. The Balaban J connectivity index is 1.70. The molecule has 0 aliphatic heterocycles. The Labute approximate surface area is 130 Å². The molecule has 1 saturated carbocycles. The molecule has 0 unspecified atom stereocenters. The third kappa shape index (κ3) is 3.53. The van der Waals surface area contributed by atoms with Gasteiger partial charge >= 0.3 is 0 Å². The first kappa shape index (κ1) is 14.7. The highest BCUT2D eigenvalue weighted by Gasteiger charge is 2.37. The van der Waals surface area contributed by atoms with Crippen molar-refractivity contribution in [1.29, 1.82) is 0 Å². The van der Waals surface area contributed by atoms with Gasteiger partial charge in [0.05, 0.1) is 16.3 Å². The molecule has 0 atom stereocenters. The number of thiazole rings is 1. The van der Waals surface area contributed by atoms with Gasteiger partial charge < -0.3 is 5.11 Å². The number of benzene rings is 1. The van der Waals surface area contributed by atoms with Gasteiger partial charge in [-0.15, -0.1) is 11.3 Å². The van der Waals surface area contributed by atoms with Gasteiger partial charge in [-0.1, -0.05) is 44.2 Å². The lowest BCUT2D eigenvalue weighted by atomic mass is 9.70. The average Bonchev–Trinajstić information content (AvgIpc) is 2.92. The van der Waals surface area contributed by atoms with Crippen molar-refractivity contribution in [2.24, 2.45) is 5.41 Å². The highest BCUT2D eigenvalue weighted by atomic mass is 32.1. The normalized spacial score (nSPS) is 20.3. The van der Waals surface area contributed by atoms with Crippen molar-refractivity contribution in [2.75, 3.05) is 0 Å². The van der Waals surface area contributed by atoms with E-state index in [1.807, 2.05) is 18.2 Å². The summed E-state index contributed by atoms with van der Waals surface area (Å²) in [4.78, 5) is 4.71. The van der Waals surface area contributed by atoms with E-state index in [1.54, 1.807) is 11.3 Å². The Kier molecular flexibility index (Phi) is 3.89. The van der Waals surface area contributed by atoms with Crippen LogP contribution >= 0.6 is 11.3 Å². The molecular formula is C18H23NOS. The molecule has 0 saturated heterocycles. The molecule has 1 heterocycles. The van der Waals surface area contributed by atoms with Crippen molar-refractivity contribution < 1.29 is 5.11 Å². The molecule has 3 rings (SSSR count). The van der Waals surface area contributed by atoms with E-state index >= 15 is 0 Å². The van der Waals surface area contributed by atoms with E-state index in [1.165, 1.54) is 0 Å². The quantitative estimate of drug-likeness (QED) is 0.892. The SMILES string of the molecule is CC1(C)CCC(O)(Cc2nc(-c3ccccc3)cs2)CC1. The number of nitrogens with zero attached hydrogens (tertiary/aromatic N) is 1. The van der Waals surface area contributed by atoms with E-state index in [4.69, 9.17) is 4.98 Å². The minimum Gasteiger partial charge on any atom is -0.389 e. The minimum absolute atomic E-state index is 0.379. The predicted molar refractivity (Wildman–Crippen MR) is 88.5 cm³/mol. The van der Waals surface area contributed by atoms with E-state index in [2.05, 4.69) is 31.4 Å². The first-order valence-corrected chi connectivity index (χ1v) is 8.56. The summed E-state index contributed by atoms with van der Waals surface area (Å²) in [5, 5.41) is 14.0. The van der Waals surface area contributed by atoms with E-state index in [0.717, 1.165) is 41.9 Å². The minimum atomic E-state index is -0.554. The van der Waals surface area contributed by atoms with Crippen LogP contribution in [0.2, 0.25) is 0 Å². The van der Waals surface area contributed by atoms with Gasteiger partial charge in [-0.3, -0.25) is 0 Å². The maximum atomic E-state index is 10.8. The highest BCUT2D eigenvalue weighted by molar-refractivity contribution is 7.09. The van der Waals surface area contributed by atoms with E-state index in [-0.39, 0.29) is 0 Å². The second kappa shape index (κ2) is 5.54. The molecule has 0 radical (unpaired) electrons. The van der Waals surface area contributed by atoms with Gasteiger partial charge in [-0.2, -0.15) is 0 Å². The number of rotatable bonds is 3. The average molecular weight is 301 g/mol. The topological polar surface area (TPSA) is 33.1 Å². The zero-order valence-electron chi connectivity index (χ0n) is 12.8. The molecule has 2 nitrogen and oxygen atoms in total. The summed E-state index contributed by atoms with van der Waals surface area (Å²) in [6.07, 6.45) is 4.67. The predicted octanol–water partition coefficient (Wildman–Crippen LogP) is 4.68. The molecule has 0 spiro atoms. The van der Waals surface area contributed by atoms with Crippen molar-refractivity contribution in [1.82, 2.24) is 4.98 Å². The highest BCUT2D eigenvalue weighted by Crippen LogP contribution is 2.41. The Morgan fingerprint density at radius 2 is 1.76 bits per heavy atom. The summed E-state index contributed by atoms with van der Waals surface area (Å²) >= 11 is 1.67. The summed E-state index contributed by atoms with van der Waals surface area (Å²) in [5.74, 6) is 0. The van der Waals surface area contributed by atoms with Crippen molar-refractivity contribution in [3.63, 3.8) is 0 Å². The lowest BCUT2D eigenvalue weighted by Gasteiger charge is -2.39. The van der Waals surface area contributed by atoms with Crippen molar-refractivity contribution in [3.05, 3.63) is 40.7 Å². The van der Waals surface area contributed by atoms with Gasteiger partial charge in [0.1, 0.15) is 0 Å². The zero-order chi connectivity index (χ0) is 14.9. The van der Waals surface area contributed by atoms with Crippen LogP contribution in [0, 0.1) is 5.41 Å². The Morgan fingerprint density at radius 3 is 2.43 bits per heavy atom. The molecule has 0 amide bonds. The summed E-state index contributed by atoms with van der Waals surface area (Å²) in [5.41, 5.74) is 2.00. The summed E-state index contributed by atoms with van der Waals surface area (Å²) in [7, 11) is 0. The maximum absolute atomic E-state index is 10.8. The molecule has 1 aliphatic carbocycles. The molecule has 3 heteroatoms. The van der Waals surface area contributed by atoms with Crippen LogP contribution in [-0.2, 0) is 6.42 Å². The van der Waals surface area contributed by atoms with Crippen LogP contribution < -0.4 is 0 Å². The first-order chi connectivity index (χ1) is 9.96. The van der Waals surface area contributed by atoms with Crippen molar-refractivity contribution in [2.45, 2.75) is 51.6 Å². The molecule has 1 N–H and O–H groups in total. The van der Waals surface area contributed by atoms with Crippen molar-refractivity contribution >= 4 is 11.3 Å². The van der Waals surface area contributed by atoms with E-state index < -0.39 is 5.60 Å².